The number of hydrogen-bond acceptors (Lipinski definition) is 8. The Labute approximate surface area is 246 Å². The lowest BCUT2D eigenvalue weighted by Gasteiger charge is -2.29. The molecule has 43 heavy (non-hydrogen) atoms. The quantitative estimate of drug-likeness (QED) is 0.123. The molecular formula is C30H30N4O9. The predicted molar refractivity (Wildman–Crippen MR) is 154 cm³/mol. The van der Waals surface area contributed by atoms with Crippen molar-refractivity contribution in [2.75, 3.05) is 20.3 Å². The van der Waals surface area contributed by atoms with E-state index in [9.17, 15) is 29.4 Å². The van der Waals surface area contributed by atoms with E-state index >= 15 is 0 Å². The minimum absolute atomic E-state index is 0.0886. The van der Waals surface area contributed by atoms with Gasteiger partial charge in [-0.15, -0.1) is 0 Å². The van der Waals surface area contributed by atoms with E-state index in [4.69, 9.17) is 25.7 Å². The van der Waals surface area contributed by atoms with Crippen LogP contribution in [-0.2, 0) is 22.4 Å². The van der Waals surface area contributed by atoms with Crippen molar-refractivity contribution in [3.8, 4) is 17.2 Å². The van der Waals surface area contributed by atoms with Crippen LogP contribution in [0.15, 0.2) is 65.7 Å². The summed E-state index contributed by atoms with van der Waals surface area (Å²) in [6, 6.07) is 13.9. The summed E-state index contributed by atoms with van der Waals surface area (Å²) in [5.74, 6) is -4.25. The summed E-state index contributed by atoms with van der Waals surface area (Å²) in [4.78, 5) is 56.0. The molecule has 13 nitrogen and oxygen atoms in total. The lowest BCUT2D eigenvalue weighted by atomic mass is 10.0. The third kappa shape index (κ3) is 7.38. The molecule has 1 aliphatic heterocycles. The van der Waals surface area contributed by atoms with Crippen molar-refractivity contribution in [1.82, 2.24) is 4.90 Å². The van der Waals surface area contributed by atoms with Gasteiger partial charge in [0.2, 0.25) is 0 Å². The number of hydrogen-bond donors (Lipinski definition) is 4. The minimum Gasteiger partial charge on any atom is -0.497 e. The maximum atomic E-state index is 13.9. The largest absolute Gasteiger partial charge is 0.497 e. The zero-order chi connectivity index (χ0) is 31.1. The number of aliphatic carboxylic acids is 2. The molecule has 0 radical (unpaired) electrons. The fraction of sp³-hybridized carbons (Fsp3) is 0.233. The summed E-state index contributed by atoms with van der Waals surface area (Å²) in [5.41, 5.74) is 12.7. The van der Waals surface area contributed by atoms with Gasteiger partial charge in [0.1, 0.15) is 18.3 Å². The maximum Gasteiger partial charge on any atom is 0.343 e. The van der Waals surface area contributed by atoms with E-state index in [0.29, 0.717) is 35.4 Å². The number of esters is 1. The second-order valence-electron chi connectivity index (χ2n) is 9.59. The molecule has 1 aliphatic rings. The number of carboxylic acids is 2. The molecule has 0 fully saturated rings. The molecule has 4 rings (SSSR count). The maximum absolute atomic E-state index is 13.9. The average molecular weight is 591 g/mol. The summed E-state index contributed by atoms with van der Waals surface area (Å²) in [6.45, 7) is -0.811. The highest BCUT2D eigenvalue weighted by atomic mass is 16.6. The highest BCUT2D eigenvalue weighted by Crippen LogP contribution is 2.35. The zero-order valence-electron chi connectivity index (χ0n) is 23.2. The third-order valence-electron chi connectivity index (χ3n) is 6.63. The minimum atomic E-state index is -1.54. The molecule has 0 spiro atoms. The van der Waals surface area contributed by atoms with Crippen molar-refractivity contribution < 1.29 is 43.6 Å². The number of benzene rings is 3. The predicted octanol–water partition coefficient (Wildman–Crippen LogP) is 2.37. The van der Waals surface area contributed by atoms with Crippen LogP contribution in [0, 0.1) is 0 Å². The Morgan fingerprint density at radius 2 is 1.81 bits per heavy atom. The molecule has 0 saturated heterocycles. The summed E-state index contributed by atoms with van der Waals surface area (Å²) in [6.07, 6.45) is 0.626. The Hall–Kier alpha value is -5.59. The highest BCUT2D eigenvalue weighted by Gasteiger charge is 2.34. The molecule has 0 aliphatic carbocycles. The number of carbonyl (C=O) groups is 4. The smallest absolute Gasteiger partial charge is 0.343 e. The van der Waals surface area contributed by atoms with Crippen LogP contribution in [0.2, 0.25) is 0 Å². The average Bonchev–Trinajstić information content (AvgIpc) is 2.96. The SMILES string of the molecule is COc1ccc(CC(C(=O)O)N(CC(=O)O)C(=O)c2cccc3c2OCCCc2cc(N=C(N)N)ccc2C(=O)O3)cc1. The van der Waals surface area contributed by atoms with Crippen LogP contribution >= 0.6 is 0 Å². The molecular weight excluding hydrogens is 560 g/mol. The molecule has 6 N–H and O–H groups in total. The Bertz CT molecular complexity index is 1570. The molecule has 13 heteroatoms. The van der Waals surface area contributed by atoms with E-state index in [2.05, 4.69) is 4.99 Å². The van der Waals surface area contributed by atoms with E-state index in [1.807, 2.05) is 0 Å². The lowest BCUT2D eigenvalue weighted by Crippen LogP contribution is -2.48. The van der Waals surface area contributed by atoms with E-state index in [1.54, 1.807) is 36.4 Å². The fourth-order valence-corrected chi connectivity index (χ4v) is 4.65. The number of nitrogens with zero attached hydrogens (tertiary/aromatic N) is 2. The number of rotatable bonds is 9. The first kappa shape index (κ1) is 30.4. The zero-order valence-corrected chi connectivity index (χ0v) is 23.2. The topological polar surface area (TPSA) is 204 Å². The molecule has 0 aromatic heterocycles. The van der Waals surface area contributed by atoms with Crippen molar-refractivity contribution in [2.45, 2.75) is 25.3 Å². The van der Waals surface area contributed by atoms with Gasteiger partial charge in [-0.05, 0) is 66.4 Å². The number of methoxy groups -OCH3 is 1. The first-order chi connectivity index (χ1) is 20.6. The Morgan fingerprint density at radius 1 is 1.07 bits per heavy atom. The van der Waals surface area contributed by atoms with Crippen LogP contribution in [0.25, 0.3) is 0 Å². The first-order valence-corrected chi connectivity index (χ1v) is 13.2. The van der Waals surface area contributed by atoms with Crippen molar-refractivity contribution in [2.24, 2.45) is 16.5 Å². The molecule has 1 atom stereocenters. The molecule has 1 heterocycles. The van der Waals surface area contributed by atoms with Gasteiger partial charge in [-0.3, -0.25) is 9.59 Å². The number of carboxylic acid groups (broad SMARTS) is 2. The molecule has 1 unspecified atom stereocenters. The number of amides is 1. The number of aliphatic imine (C=N–C) groups is 1. The van der Waals surface area contributed by atoms with E-state index in [-0.39, 0.29) is 41.6 Å². The molecule has 0 saturated carbocycles. The Morgan fingerprint density at radius 3 is 2.47 bits per heavy atom. The third-order valence-corrected chi connectivity index (χ3v) is 6.63. The van der Waals surface area contributed by atoms with Gasteiger partial charge in [0.05, 0.1) is 30.5 Å². The number of nitrogens with two attached hydrogens (primary N) is 2. The van der Waals surface area contributed by atoms with Crippen molar-refractivity contribution in [3.63, 3.8) is 0 Å². The molecule has 3 aromatic carbocycles. The lowest BCUT2D eigenvalue weighted by molar-refractivity contribution is -0.144. The van der Waals surface area contributed by atoms with Crippen LogP contribution in [0.1, 0.15) is 38.3 Å². The van der Waals surface area contributed by atoms with Crippen LogP contribution in [-0.4, -0.2) is 71.2 Å². The number of aryl methyl sites for hydroxylation is 1. The number of ether oxygens (including phenoxy) is 3. The molecule has 224 valence electrons. The van der Waals surface area contributed by atoms with Crippen LogP contribution in [0.4, 0.5) is 5.69 Å². The van der Waals surface area contributed by atoms with Crippen LogP contribution in [0.3, 0.4) is 0 Å². The number of guanidine groups is 1. The van der Waals surface area contributed by atoms with Gasteiger partial charge in [-0.1, -0.05) is 18.2 Å². The van der Waals surface area contributed by atoms with Crippen LogP contribution < -0.4 is 25.7 Å². The van der Waals surface area contributed by atoms with Crippen molar-refractivity contribution in [1.29, 1.82) is 0 Å². The fourth-order valence-electron chi connectivity index (χ4n) is 4.65. The van der Waals surface area contributed by atoms with Crippen molar-refractivity contribution in [3.05, 3.63) is 82.9 Å². The van der Waals surface area contributed by atoms with Crippen molar-refractivity contribution >= 4 is 35.5 Å². The first-order valence-electron chi connectivity index (χ1n) is 13.2. The second-order valence-corrected chi connectivity index (χ2v) is 9.59. The van der Waals surface area contributed by atoms with Gasteiger partial charge in [0.25, 0.3) is 5.91 Å². The summed E-state index contributed by atoms with van der Waals surface area (Å²) < 4.78 is 16.7. The normalized spacial score (nSPS) is 13.2. The summed E-state index contributed by atoms with van der Waals surface area (Å²) in [5, 5.41) is 19.7. The summed E-state index contributed by atoms with van der Waals surface area (Å²) >= 11 is 0. The van der Waals surface area contributed by atoms with Crippen LogP contribution in [0.5, 0.6) is 17.2 Å². The van der Waals surface area contributed by atoms with E-state index < -0.39 is 36.4 Å². The van der Waals surface area contributed by atoms with Gasteiger partial charge in [0.15, 0.2) is 17.5 Å². The standard InChI is InChI=1S/C30H30N4O9/c1-41-20-10-7-17(8-11-20)14-23(28(38)39)34(16-25(35)36)27(37)22-5-2-6-24-26(22)42-13-3-4-18-15-19(33-30(31)32)9-12-21(18)29(40)43-24/h2,5-12,15,23H,3-4,13-14,16H2,1H3,(H,35,36)(H,38,39)(H4,31,32,33). The molecule has 0 bridgehead atoms. The number of para-hydroxylation sites is 1. The Balaban J connectivity index is 1.70. The van der Waals surface area contributed by atoms with Gasteiger partial charge in [0, 0.05) is 6.42 Å². The number of fused-ring (bicyclic) bond motifs is 2. The monoisotopic (exact) mass is 590 g/mol. The van der Waals surface area contributed by atoms with E-state index in [1.165, 1.54) is 31.4 Å². The van der Waals surface area contributed by atoms with Gasteiger partial charge in [-0.2, -0.15) is 0 Å². The molecule has 3 aromatic rings. The van der Waals surface area contributed by atoms with Gasteiger partial charge >= 0.3 is 17.9 Å². The second kappa shape index (κ2) is 13.4. The molecule has 1 amide bonds. The summed E-state index contributed by atoms with van der Waals surface area (Å²) in [7, 11) is 1.49. The number of carbonyl (C=O) groups excluding carboxylic acids is 2. The van der Waals surface area contributed by atoms with Gasteiger partial charge in [-0.25, -0.2) is 14.6 Å². The van der Waals surface area contributed by atoms with E-state index in [0.717, 1.165) is 4.90 Å². The highest BCUT2D eigenvalue weighted by molar-refractivity contribution is 6.02. The Kier molecular flexibility index (Phi) is 9.45. The van der Waals surface area contributed by atoms with Gasteiger partial charge < -0.3 is 40.8 Å².